The molecule has 5 rings (SSSR count). The zero-order chi connectivity index (χ0) is 27.1. The highest BCUT2D eigenvalue weighted by Gasteiger charge is 2.27. The Morgan fingerprint density at radius 3 is 2.55 bits per heavy atom. The molecule has 1 atom stereocenters. The molecule has 0 spiro atoms. The average molecular weight is 531 g/mol. The maximum absolute atomic E-state index is 11.6. The number of fused-ring (bicyclic) bond motifs is 1. The third-order valence-corrected chi connectivity index (χ3v) is 7.25. The minimum absolute atomic E-state index is 0.201. The molecule has 0 bridgehead atoms. The van der Waals surface area contributed by atoms with E-state index in [0.29, 0.717) is 17.0 Å². The van der Waals surface area contributed by atoms with Crippen LogP contribution in [0.1, 0.15) is 72.7 Å². The molecule has 0 aliphatic heterocycles. The molecular weight excluding hydrogens is 500 g/mol. The van der Waals surface area contributed by atoms with Gasteiger partial charge in [0.1, 0.15) is 11.9 Å². The number of nitrogens with zero attached hydrogens (tertiary/aromatic N) is 5. The first-order chi connectivity index (χ1) is 18.3. The number of aromatic carboxylic acids is 1. The van der Waals surface area contributed by atoms with E-state index in [4.69, 9.17) is 15.8 Å². The fourth-order valence-corrected chi connectivity index (χ4v) is 5.32. The summed E-state index contributed by atoms with van der Waals surface area (Å²) in [6.45, 7) is 4.85. The Balaban J connectivity index is 0.000000257. The molecule has 1 aromatic carbocycles. The number of carbonyl (C=O) groups excluding carboxylic acids is 1. The maximum atomic E-state index is 11.6. The number of amides is 1. The monoisotopic (exact) mass is 530 g/mol. The predicted octanol–water partition coefficient (Wildman–Crippen LogP) is 4.51. The second-order valence-corrected chi connectivity index (χ2v) is 10.1. The number of carboxylic acid groups (broad SMARTS) is 1. The Morgan fingerprint density at radius 1 is 1.11 bits per heavy atom. The fourth-order valence-electron chi connectivity index (χ4n) is 4.70. The summed E-state index contributed by atoms with van der Waals surface area (Å²) in [6, 6.07) is 12.1. The van der Waals surface area contributed by atoms with Gasteiger partial charge in [0.15, 0.2) is 0 Å². The van der Waals surface area contributed by atoms with Crippen LogP contribution in [0, 0.1) is 13.8 Å². The van der Waals surface area contributed by atoms with Crippen molar-refractivity contribution in [3.8, 4) is 0 Å². The van der Waals surface area contributed by atoms with Gasteiger partial charge in [-0.25, -0.2) is 14.8 Å². The molecule has 10 heteroatoms. The number of thiazole rings is 1. The number of benzene rings is 1. The number of rotatable bonds is 7. The lowest BCUT2D eigenvalue weighted by molar-refractivity contribution is 0.0694. The minimum Gasteiger partial charge on any atom is -0.478 e. The fraction of sp³-hybridized carbons (Fsp3) is 0.286. The molecule has 38 heavy (non-hydrogen) atoms. The highest BCUT2D eigenvalue weighted by Crippen LogP contribution is 2.35. The van der Waals surface area contributed by atoms with Gasteiger partial charge in [0.2, 0.25) is 5.91 Å². The summed E-state index contributed by atoms with van der Waals surface area (Å²) in [5.74, 6) is -1.36. The van der Waals surface area contributed by atoms with Gasteiger partial charge in [-0.3, -0.25) is 19.7 Å². The van der Waals surface area contributed by atoms with Crippen LogP contribution in [0.15, 0.2) is 60.6 Å². The van der Waals surface area contributed by atoms with Gasteiger partial charge in [0.25, 0.3) is 0 Å². The van der Waals surface area contributed by atoms with Crippen LogP contribution in [-0.4, -0.2) is 41.8 Å². The van der Waals surface area contributed by atoms with Gasteiger partial charge in [-0.05, 0) is 62.4 Å². The van der Waals surface area contributed by atoms with Crippen molar-refractivity contribution in [3.63, 3.8) is 0 Å². The van der Waals surface area contributed by atoms with Crippen molar-refractivity contribution < 1.29 is 14.7 Å². The number of nitrogens with two attached hydrogens (primary N) is 1. The van der Waals surface area contributed by atoms with Crippen LogP contribution in [0.5, 0.6) is 0 Å². The van der Waals surface area contributed by atoms with E-state index in [2.05, 4.69) is 25.9 Å². The molecule has 9 nitrogen and oxygen atoms in total. The van der Waals surface area contributed by atoms with Crippen molar-refractivity contribution in [1.29, 1.82) is 0 Å². The van der Waals surface area contributed by atoms with Crippen LogP contribution in [0.3, 0.4) is 0 Å². The summed E-state index contributed by atoms with van der Waals surface area (Å²) in [5.41, 5.74) is 12.7. The topological polar surface area (TPSA) is 135 Å². The van der Waals surface area contributed by atoms with E-state index < -0.39 is 11.9 Å². The van der Waals surface area contributed by atoms with Gasteiger partial charge in [0, 0.05) is 35.9 Å². The van der Waals surface area contributed by atoms with Crippen molar-refractivity contribution in [1.82, 2.24) is 24.8 Å². The summed E-state index contributed by atoms with van der Waals surface area (Å²) >= 11 is 1.67. The van der Waals surface area contributed by atoms with Crippen LogP contribution in [0.25, 0.3) is 0 Å². The van der Waals surface area contributed by atoms with Gasteiger partial charge in [-0.2, -0.15) is 0 Å². The Morgan fingerprint density at radius 2 is 1.89 bits per heavy atom. The first-order valence-corrected chi connectivity index (χ1v) is 13.2. The quantitative estimate of drug-likeness (QED) is 0.356. The van der Waals surface area contributed by atoms with Gasteiger partial charge < -0.3 is 10.8 Å². The van der Waals surface area contributed by atoms with Gasteiger partial charge in [0.05, 0.1) is 28.6 Å². The molecular formula is C28H30N6O3S. The number of hydrogen-bond acceptors (Lipinski definition) is 8. The van der Waals surface area contributed by atoms with Gasteiger partial charge in [-0.1, -0.05) is 18.2 Å². The lowest BCUT2D eigenvalue weighted by Gasteiger charge is -2.35. The normalized spacial score (nSPS) is 14.3. The van der Waals surface area contributed by atoms with Gasteiger partial charge >= 0.3 is 5.97 Å². The SMILES string of the molecule is Cc1ncnc(C)c1C(=O)O.NC(=O)c1cccc(CN(Cc2cncs2)C2CCCc3cccnc32)c1. The minimum atomic E-state index is -0.972. The van der Waals surface area contributed by atoms with Gasteiger partial charge in [-0.15, -0.1) is 11.3 Å². The zero-order valence-electron chi connectivity index (χ0n) is 21.4. The smallest absolute Gasteiger partial charge is 0.339 e. The number of primary amides is 1. The van der Waals surface area contributed by atoms with Crippen molar-refractivity contribution in [2.45, 2.75) is 52.2 Å². The third kappa shape index (κ3) is 6.64. The summed E-state index contributed by atoms with van der Waals surface area (Å²) in [4.78, 5) is 42.3. The number of carboxylic acids is 1. The maximum Gasteiger partial charge on any atom is 0.339 e. The van der Waals surface area contributed by atoms with E-state index in [1.54, 1.807) is 31.3 Å². The van der Waals surface area contributed by atoms with Crippen molar-refractivity contribution >= 4 is 23.2 Å². The first kappa shape index (κ1) is 27.0. The molecule has 196 valence electrons. The lowest BCUT2D eigenvalue weighted by Crippen LogP contribution is -2.31. The Bertz CT molecular complexity index is 1390. The Hall–Kier alpha value is -4.02. The second-order valence-electron chi connectivity index (χ2n) is 9.12. The van der Waals surface area contributed by atoms with Crippen LogP contribution < -0.4 is 5.73 Å². The summed E-state index contributed by atoms with van der Waals surface area (Å²) in [6.07, 6.45) is 8.50. The lowest BCUT2D eigenvalue weighted by atomic mass is 9.90. The summed E-state index contributed by atoms with van der Waals surface area (Å²) in [7, 11) is 0. The van der Waals surface area contributed by atoms with Crippen LogP contribution in [0.4, 0.5) is 0 Å². The van der Waals surface area contributed by atoms with E-state index in [1.165, 1.54) is 22.5 Å². The number of aromatic nitrogens is 4. The highest BCUT2D eigenvalue weighted by atomic mass is 32.1. The number of aryl methyl sites for hydroxylation is 3. The van der Waals surface area contributed by atoms with E-state index in [-0.39, 0.29) is 11.6 Å². The predicted molar refractivity (Wildman–Crippen MR) is 145 cm³/mol. The number of pyridine rings is 1. The molecule has 1 aliphatic rings. The molecule has 0 saturated heterocycles. The molecule has 0 saturated carbocycles. The van der Waals surface area contributed by atoms with E-state index in [9.17, 15) is 9.59 Å². The second kappa shape index (κ2) is 12.5. The number of carbonyl (C=O) groups is 2. The van der Waals surface area contributed by atoms with Crippen LogP contribution >= 0.6 is 11.3 Å². The summed E-state index contributed by atoms with van der Waals surface area (Å²) < 4.78 is 0. The molecule has 0 radical (unpaired) electrons. The largest absolute Gasteiger partial charge is 0.478 e. The van der Waals surface area contributed by atoms with E-state index in [1.807, 2.05) is 42.2 Å². The zero-order valence-corrected chi connectivity index (χ0v) is 22.2. The average Bonchev–Trinajstić information content (AvgIpc) is 3.41. The van der Waals surface area contributed by atoms with Crippen LogP contribution in [-0.2, 0) is 19.5 Å². The standard InChI is InChI=1S/C21H22N4OS.C7H8N2O2/c22-21(26)17-6-1-4-15(10-17)12-25(13-18-11-23-14-27-18)19-8-2-5-16-7-3-9-24-20(16)19;1-4-6(7(10)11)5(2)9-3-8-4/h1,3-4,6-7,9-11,14,19H,2,5,8,12-13H2,(H2,22,26);3H,1-2H3,(H,10,11). The number of hydrogen-bond donors (Lipinski definition) is 2. The highest BCUT2D eigenvalue weighted by molar-refractivity contribution is 7.09. The first-order valence-electron chi connectivity index (χ1n) is 12.3. The van der Waals surface area contributed by atoms with E-state index >= 15 is 0 Å². The van der Waals surface area contributed by atoms with Crippen molar-refractivity contribution in [2.24, 2.45) is 5.73 Å². The van der Waals surface area contributed by atoms with E-state index in [0.717, 1.165) is 37.9 Å². The van der Waals surface area contributed by atoms with Crippen LogP contribution in [0.2, 0.25) is 0 Å². The molecule has 3 aromatic heterocycles. The summed E-state index contributed by atoms with van der Waals surface area (Å²) in [5, 5.41) is 8.67. The molecule has 4 aromatic rings. The molecule has 1 unspecified atom stereocenters. The molecule has 1 amide bonds. The Kier molecular flexibility index (Phi) is 8.88. The molecule has 1 aliphatic carbocycles. The molecule has 3 heterocycles. The molecule has 0 fully saturated rings. The molecule has 3 N–H and O–H groups in total. The van der Waals surface area contributed by atoms with Crippen molar-refractivity contribution in [2.75, 3.05) is 0 Å². The third-order valence-electron chi connectivity index (χ3n) is 6.49. The Labute approximate surface area is 225 Å². The van der Waals surface area contributed by atoms with Crippen molar-refractivity contribution in [3.05, 3.63) is 105 Å².